The Bertz CT molecular complexity index is 499. The Morgan fingerprint density at radius 2 is 1.26 bits per heavy atom. The van der Waals surface area contributed by atoms with Crippen molar-refractivity contribution >= 4 is 0 Å². The highest BCUT2D eigenvalue weighted by atomic mass is 15.0. The van der Waals surface area contributed by atoms with Crippen LogP contribution in [0, 0.1) is 0 Å². The SMILES string of the molecule is CC(C)(C)NC(C)(C)CCC(C)(C)c1cnc(C(C)(C)C)nc1. The van der Waals surface area contributed by atoms with Crippen LogP contribution in [0.25, 0.3) is 0 Å². The molecule has 0 fully saturated rings. The van der Waals surface area contributed by atoms with Crippen molar-refractivity contribution in [1.82, 2.24) is 15.3 Å². The lowest BCUT2D eigenvalue weighted by atomic mass is 9.78. The van der Waals surface area contributed by atoms with Crippen LogP contribution in [-0.4, -0.2) is 21.0 Å². The van der Waals surface area contributed by atoms with Crippen LogP contribution >= 0.6 is 0 Å². The van der Waals surface area contributed by atoms with Crippen molar-refractivity contribution in [3.8, 4) is 0 Å². The number of hydrogen-bond acceptors (Lipinski definition) is 3. The summed E-state index contributed by atoms with van der Waals surface area (Å²) in [6.07, 6.45) is 6.23. The molecule has 1 aromatic heterocycles. The summed E-state index contributed by atoms with van der Waals surface area (Å²) >= 11 is 0. The molecule has 0 amide bonds. The Hall–Kier alpha value is -0.960. The molecule has 3 nitrogen and oxygen atoms in total. The molecule has 0 bridgehead atoms. The topological polar surface area (TPSA) is 37.8 Å². The quantitative estimate of drug-likeness (QED) is 0.830. The molecule has 0 aliphatic rings. The van der Waals surface area contributed by atoms with Crippen LogP contribution in [0.4, 0.5) is 0 Å². The Kier molecular flexibility index (Phi) is 5.68. The minimum absolute atomic E-state index is 0.00128. The fraction of sp³-hybridized carbons (Fsp3) is 0.800. The fourth-order valence-electron chi connectivity index (χ4n) is 2.91. The summed E-state index contributed by atoms with van der Waals surface area (Å²) < 4.78 is 0. The second-order valence-electron chi connectivity index (χ2n) is 10.2. The minimum atomic E-state index is 0.00128. The number of nitrogens with zero attached hydrogens (tertiary/aromatic N) is 2. The van der Waals surface area contributed by atoms with Gasteiger partial charge in [-0.05, 0) is 58.4 Å². The Morgan fingerprint density at radius 1 is 0.783 bits per heavy atom. The standard InChI is InChI=1S/C20H37N3/c1-17(2,3)16-21-13-15(14-22-16)19(7,8)11-12-20(9,10)23-18(4,5)6/h13-14,23H,11-12H2,1-10H3. The van der Waals surface area contributed by atoms with E-state index in [1.807, 2.05) is 12.4 Å². The number of rotatable bonds is 5. The molecule has 3 heteroatoms. The van der Waals surface area contributed by atoms with Crippen LogP contribution in [0.3, 0.4) is 0 Å². The Labute approximate surface area is 143 Å². The van der Waals surface area contributed by atoms with Crippen LogP contribution in [0.1, 0.15) is 93.5 Å². The van der Waals surface area contributed by atoms with Gasteiger partial charge in [-0.3, -0.25) is 0 Å². The first-order chi connectivity index (χ1) is 10.1. The average molecular weight is 320 g/mol. The molecular formula is C20H37N3. The van der Waals surface area contributed by atoms with Gasteiger partial charge in [0, 0.05) is 28.9 Å². The maximum atomic E-state index is 4.59. The summed E-state index contributed by atoms with van der Waals surface area (Å²) in [5.41, 5.74) is 1.54. The second kappa shape index (κ2) is 6.51. The fourth-order valence-corrected chi connectivity index (χ4v) is 2.91. The van der Waals surface area contributed by atoms with Crippen molar-refractivity contribution in [3.05, 3.63) is 23.8 Å². The Morgan fingerprint density at radius 3 is 1.65 bits per heavy atom. The van der Waals surface area contributed by atoms with E-state index in [0.717, 1.165) is 18.7 Å². The smallest absolute Gasteiger partial charge is 0.133 e. The van der Waals surface area contributed by atoms with E-state index in [1.54, 1.807) is 0 Å². The van der Waals surface area contributed by atoms with Gasteiger partial charge in [-0.2, -0.15) is 0 Å². The zero-order chi connectivity index (χ0) is 18.1. The van der Waals surface area contributed by atoms with Gasteiger partial charge in [0.15, 0.2) is 0 Å². The molecule has 0 aliphatic carbocycles. The van der Waals surface area contributed by atoms with E-state index in [9.17, 15) is 0 Å². The molecule has 1 aromatic rings. The zero-order valence-corrected chi connectivity index (χ0v) is 17.0. The highest BCUT2D eigenvalue weighted by Crippen LogP contribution is 2.31. The van der Waals surface area contributed by atoms with Gasteiger partial charge in [-0.15, -0.1) is 0 Å². The molecule has 23 heavy (non-hydrogen) atoms. The first-order valence-electron chi connectivity index (χ1n) is 8.75. The number of nitrogens with one attached hydrogen (secondary N) is 1. The van der Waals surface area contributed by atoms with Gasteiger partial charge >= 0.3 is 0 Å². The molecule has 1 rings (SSSR count). The molecule has 132 valence electrons. The van der Waals surface area contributed by atoms with E-state index >= 15 is 0 Å². The van der Waals surface area contributed by atoms with Gasteiger partial charge in [-0.25, -0.2) is 9.97 Å². The summed E-state index contributed by atoms with van der Waals surface area (Å²) in [6, 6.07) is 0. The van der Waals surface area contributed by atoms with Crippen LogP contribution in [0.5, 0.6) is 0 Å². The predicted octanol–water partition coefficient (Wildman–Crippen LogP) is 5.00. The summed E-state index contributed by atoms with van der Waals surface area (Å²) in [7, 11) is 0. The molecule has 0 saturated carbocycles. The molecule has 1 heterocycles. The van der Waals surface area contributed by atoms with Gasteiger partial charge < -0.3 is 5.32 Å². The third kappa shape index (κ3) is 6.58. The minimum Gasteiger partial charge on any atom is -0.307 e. The number of hydrogen-bond donors (Lipinski definition) is 1. The van der Waals surface area contributed by atoms with E-state index in [2.05, 4.69) is 84.5 Å². The van der Waals surface area contributed by atoms with Crippen molar-refractivity contribution < 1.29 is 0 Å². The molecule has 0 saturated heterocycles. The highest BCUT2D eigenvalue weighted by molar-refractivity contribution is 5.18. The summed E-state index contributed by atoms with van der Waals surface area (Å²) in [6.45, 7) is 22.2. The molecule has 0 unspecified atom stereocenters. The third-order valence-electron chi connectivity index (χ3n) is 4.19. The average Bonchev–Trinajstić information content (AvgIpc) is 2.33. The van der Waals surface area contributed by atoms with Crippen LogP contribution in [0.2, 0.25) is 0 Å². The van der Waals surface area contributed by atoms with Crippen molar-refractivity contribution in [2.45, 2.75) is 104 Å². The zero-order valence-electron chi connectivity index (χ0n) is 17.0. The molecule has 0 atom stereocenters. The lowest BCUT2D eigenvalue weighted by Gasteiger charge is -2.37. The normalized spacial score (nSPS) is 14.2. The van der Waals surface area contributed by atoms with Gasteiger partial charge in [0.05, 0.1) is 0 Å². The lowest BCUT2D eigenvalue weighted by Crippen LogP contribution is -2.50. The molecular weight excluding hydrogens is 282 g/mol. The van der Waals surface area contributed by atoms with Gasteiger partial charge in [0.1, 0.15) is 5.82 Å². The third-order valence-corrected chi connectivity index (χ3v) is 4.19. The predicted molar refractivity (Wildman–Crippen MR) is 100.0 cm³/mol. The molecule has 0 radical (unpaired) electrons. The molecule has 0 aromatic carbocycles. The van der Waals surface area contributed by atoms with E-state index in [4.69, 9.17) is 0 Å². The van der Waals surface area contributed by atoms with Crippen molar-refractivity contribution in [3.63, 3.8) is 0 Å². The van der Waals surface area contributed by atoms with Crippen LogP contribution in [-0.2, 0) is 10.8 Å². The maximum absolute atomic E-state index is 4.59. The van der Waals surface area contributed by atoms with Gasteiger partial charge in [-0.1, -0.05) is 34.6 Å². The van der Waals surface area contributed by atoms with Crippen molar-refractivity contribution in [2.75, 3.05) is 0 Å². The number of aromatic nitrogens is 2. The molecule has 1 N–H and O–H groups in total. The Balaban J connectivity index is 2.79. The van der Waals surface area contributed by atoms with E-state index in [1.165, 1.54) is 5.56 Å². The van der Waals surface area contributed by atoms with E-state index in [-0.39, 0.29) is 21.9 Å². The molecule has 0 aliphatic heterocycles. The van der Waals surface area contributed by atoms with Gasteiger partial charge in [0.2, 0.25) is 0 Å². The largest absolute Gasteiger partial charge is 0.307 e. The van der Waals surface area contributed by atoms with Crippen molar-refractivity contribution in [1.29, 1.82) is 0 Å². The first-order valence-corrected chi connectivity index (χ1v) is 8.75. The van der Waals surface area contributed by atoms with Crippen LogP contribution < -0.4 is 5.32 Å². The van der Waals surface area contributed by atoms with Gasteiger partial charge in [0.25, 0.3) is 0 Å². The highest BCUT2D eigenvalue weighted by Gasteiger charge is 2.29. The summed E-state index contributed by atoms with van der Waals surface area (Å²) in [5.74, 6) is 0.909. The summed E-state index contributed by atoms with van der Waals surface area (Å²) in [4.78, 5) is 9.19. The maximum Gasteiger partial charge on any atom is 0.133 e. The van der Waals surface area contributed by atoms with Crippen LogP contribution in [0.15, 0.2) is 12.4 Å². The monoisotopic (exact) mass is 319 g/mol. The summed E-state index contributed by atoms with van der Waals surface area (Å²) in [5, 5.41) is 3.72. The molecule has 0 spiro atoms. The van der Waals surface area contributed by atoms with E-state index in [0.29, 0.717) is 0 Å². The van der Waals surface area contributed by atoms with Crippen molar-refractivity contribution in [2.24, 2.45) is 0 Å². The second-order valence-corrected chi connectivity index (χ2v) is 10.2. The lowest BCUT2D eigenvalue weighted by molar-refractivity contribution is 0.246. The first kappa shape index (κ1) is 20.1. The van der Waals surface area contributed by atoms with E-state index < -0.39 is 0 Å².